The number of piperidine rings is 1. The zero-order valence-electron chi connectivity index (χ0n) is 17.3. The summed E-state index contributed by atoms with van der Waals surface area (Å²) in [6.45, 7) is 2.14. The summed E-state index contributed by atoms with van der Waals surface area (Å²) >= 11 is 0. The molecule has 0 spiro atoms. The van der Waals surface area contributed by atoms with Gasteiger partial charge in [-0.05, 0) is 30.5 Å². The van der Waals surface area contributed by atoms with Crippen molar-refractivity contribution in [2.24, 2.45) is 0 Å². The maximum Gasteiger partial charge on any atom is 0.203 e. The Hall–Kier alpha value is -2.57. The third-order valence-electron chi connectivity index (χ3n) is 5.50. The van der Waals surface area contributed by atoms with Gasteiger partial charge < -0.3 is 19.3 Å². The average Bonchev–Trinajstić information content (AvgIpc) is 2.75. The number of likely N-dealkylation sites (tertiary alicyclic amines) is 1. The standard InChI is InChI=1S/C23H29NO5/c1-27-20-13-17(14-21(28-2)22(20)29-3)16-24-11-9-23(26,10-12-24)15-19(25)18-7-5-4-6-8-18/h4-8,13-14,26H,9-12,15-16H2,1-3H3. The molecule has 1 aliphatic heterocycles. The minimum absolute atomic E-state index is 0.00817. The first-order chi connectivity index (χ1) is 14.0. The lowest BCUT2D eigenvalue weighted by Crippen LogP contribution is -2.45. The Morgan fingerprint density at radius 3 is 2.10 bits per heavy atom. The van der Waals surface area contributed by atoms with E-state index < -0.39 is 5.60 Å². The van der Waals surface area contributed by atoms with Gasteiger partial charge in [0.25, 0.3) is 0 Å². The number of aliphatic hydroxyl groups is 1. The van der Waals surface area contributed by atoms with Crippen LogP contribution in [0.5, 0.6) is 17.2 Å². The third-order valence-corrected chi connectivity index (χ3v) is 5.50. The first-order valence-corrected chi connectivity index (χ1v) is 9.80. The molecule has 0 radical (unpaired) electrons. The third kappa shape index (κ3) is 5.08. The van der Waals surface area contributed by atoms with Gasteiger partial charge >= 0.3 is 0 Å². The number of hydrogen-bond acceptors (Lipinski definition) is 6. The van der Waals surface area contributed by atoms with Crippen LogP contribution in [0.2, 0.25) is 0 Å². The van der Waals surface area contributed by atoms with E-state index in [0.717, 1.165) is 18.7 Å². The summed E-state index contributed by atoms with van der Waals surface area (Å²) in [5.74, 6) is 1.82. The molecular weight excluding hydrogens is 370 g/mol. The second-order valence-corrected chi connectivity index (χ2v) is 7.50. The number of ether oxygens (including phenoxy) is 3. The van der Waals surface area contributed by atoms with Crippen molar-refractivity contribution in [2.45, 2.75) is 31.4 Å². The van der Waals surface area contributed by atoms with Crippen LogP contribution in [0, 0.1) is 0 Å². The number of benzene rings is 2. The van der Waals surface area contributed by atoms with Crippen LogP contribution < -0.4 is 14.2 Å². The molecule has 156 valence electrons. The van der Waals surface area contributed by atoms with Crippen LogP contribution >= 0.6 is 0 Å². The van der Waals surface area contributed by atoms with E-state index in [9.17, 15) is 9.90 Å². The summed E-state index contributed by atoms with van der Waals surface area (Å²) < 4.78 is 16.2. The van der Waals surface area contributed by atoms with Crippen molar-refractivity contribution in [1.29, 1.82) is 0 Å². The molecule has 0 aliphatic carbocycles. The van der Waals surface area contributed by atoms with Crippen LogP contribution in [-0.2, 0) is 6.54 Å². The van der Waals surface area contributed by atoms with E-state index in [4.69, 9.17) is 14.2 Å². The van der Waals surface area contributed by atoms with Gasteiger partial charge in [0.05, 0.1) is 26.9 Å². The Labute approximate surface area is 172 Å². The Morgan fingerprint density at radius 2 is 1.59 bits per heavy atom. The van der Waals surface area contributed by atoms with Crippen LogP contribution in [-0.4, -0.2) is 55.8 Å². The Balaban J connectivity index is 1.61. The highest BCUT2D eigenvalue weighted by molar-refractivity contribution is 5.96. The first-order valence-electron chi connectivity index (χ1n) is 9.80. The molecule has 0 amide bonds. The number of methoxy groups -OCH3 is 3. The smallest absolute Gasteiger partial charge is 0.203 e. The second-order valence-electron chi connectivity index (χ2n) is 7.50. The minimum atomic E-state index is -0.946. The van der Waals surface area contributed by atoms with Crippen molar-refractivity contribution < 1.29 is 24.1 Å². The summed E-state index contributed by atoms with van der Waals surface area (Å²) in [5.41, 5.74) is 0.754. The van der Waals surface area contributed by atoms with Crippen molar-refractivity contribution >= 4 is 5.78 Å². The monoisotopic (exact) mass is 399 g/mol. The molecule has 0 saturated carbocycles. The number of carbonyl (C=O) groups is 1. The van der Waals surface area contributed by atoms with Crippen LogP contribution in [0.4, 0.5) is 0 Å². The summed E-state index contributed by atoms with van der Waals surface area (Å²) in [5, 5.41) is 10.9. The van der Waals surface area contributed by atoms with Gasteiger partial charge in [-0.15, -0.1) is 0 Å². The predicted molar refractivity (Wildman–Crippen MR) is 111 cm³/mol. The van der Waals surface area contributed by atoms with Crippen molar-refractivity contribution in [1.82, 2.24) is 4.90 Å². The fraction of sp³-hybridized carbons (Fsp3) is 0.435. The molecule has 3 rings (SSSR count). The second kappa shape index (κ2) is 9.29. The van der Waals surface area contributed by atoms with E-state index in [-0.39, 0.29) is 12.2 Å². The minimum Gasteiger partial charge on any atom is -0.493 e. The summed E-state index contributed by atoms with van der Waals surface area (Å²) in [4.78, 5) is 14.7. The summed E-state index contributed by atoms with van der Waals surface area (Å²) in [6.07, 6.45) is 1.29. The van der Waals surface area contributed by atoms with Gasteiger partial charge in [0.15, 0.2) is 17.3 Å². The SMILES string of the molecule is COc1cc(CN2CCC(O)(CC(=O)c3ccccc3)CC2)cc(OC)c1OC. The molecule has 29 heavy (non-hydrogen) atoms. The molecule has 1 N–H and O–H groups in total. The van der Waals surface area contributed by atoms with Gasteiger partial charge in [-0.25, -0.2) is 0 Å². The zero-order valence-corrected chi connectivity index (χ0v) is 17.3. The molecule has 1 aliphatic rings. The van der Waals surface area contributed by atoms with Gasteiger partial charge in [0.1, 0.15) is 0 Å². The summed E-state index contributed by atoms with van der Waals surface area (Å²) in [7, 11) is 4.79. The van der Waals surface area contributed by atoms with Crippen molar-refractivity contribution in [3.63, 3.8) is 0 Å². The highest BCUT2D eigenvalue weighted by atomic mass is 16.5. The number of nitrogens with zero attached hydrogens (tertiary/aromatic N) is 1. The van der Waals surface area contributed by atoms with Crippen molar-refractivity contribution in [3.05, 3.63) is 53.6 Å². The Morgan fingerprint density at radius 1 is 1.00 bits per heavy atom. The molecule has 6 nitrogen and oxygen atoms in total. The molecular formula is C23H29NO5. The number of Topliss-reactive ketones (excluding diaryl/α,β-unsaturated/α-hetero) is 1. The molecule has 1 heterocycles. The predicted octanol–water partition coefficient (Wildman–Crippen LogP) is 3.31. The highest BCUT2D eigenvalue weighted by Gasteiger charge is 2.34. The maximum absolute atomic E-state index is 12.5. The van der Waals surface area contributed by atoms with E-state index >= 15 is 0 Å². The number of rotatable bonds is 8. The van der Waals surface area contributed by atoms with Crippen LogP contribution in [0.25, 0.3) is 0 Å². The number of ketones is 1. The molecule has 1 saturated heterocycles. The van der Waals surface area contributed by atoms with Crippen LogP contribution in [0.1, 0.15) is 35.2 Å². The highest BCUT2D eigenvalue weighted by Crippen LogP contribution is 2.39. The fourth-order valence-corrected chi connectivity index (χ4v) is 3.81. The Kier molecular flexibility index (Phi) is 6.77. The van der Waals surface area contributed by atoms with E-state index in [2.05, 4.69) is 4.90 Å². The number of carbonyl (C=O) groups excluding carboxylic acids is 1. The molecule has 0 unspecified atom stereocenters. The number of hydrogen-bond donors (Lipinski definition) is 1. The normalized spacial score (nSPS) is 16.3. The maximum atomic E-state index is 12.5. The lowest BCUT2D eigenvalue weighted by atomic mass is 9.85. The largest absolute Gasteiger partial charge is 0.493 e. The van der Waals surface area contributed by atoms with Crippen LogP contribution in [0.3, 0.4) is 0 Å². The van der Waals surface area contributed by atoms with Crippen molar-refractivity contribution in [2.75, 3.05) is 34.4 Å². The molecule has 0 atom stereocenters. The van der Waals surface area contributed by atoms with E-state index in [1.165, 1.54) is 0 Å². The van der Waals surface area contributed by atoms with Gasteiger partial charge in [0, 0.05) is 31.6 Å². The lowest BCUT2D eigenvalue weighted by Gasteiger charge is -2.38. The van der Waals surface area contributed by atoms with Gasteiger partial charge in [-0.1, -0.05) is 30.3 Å². The van der Waals surface area contributed by atoms with Gasteiger partial charge in [0.2, 0.25) is 5.75 Å². The van der Waals surface area contributed by atoms with Crippen LogP contribution in [0.15, 0.2) is 42.5 Å². The average molecular weight is 399 g/mol. The molecule has 2 aromatic carbocycles. The molecule has 2 aromatic rings. The first kappa shape index (κ1) is 21.1. The van der Waals surface area contributed by atoms with E-state index in [1.54, 1.807) is 33.5 Å². The van der Waals surface area contributed by atoms with Gasteiger partial charge in [-0.2, -0.15) is 0 Å². The fourth-order valence-electron chi connectivity index (χ4n) is 3.81. The summed E-state index contributed by atoms with van der Waals surface area (Å²) in [6, 6.07) is 13.1. The van der Waals surface area contributed by atoms with Gasteiger partial charge in [-0.3, -0.25) is 9.69 Å². The zero-order chi connectivity index (χ0) is 20.9. The molecule has 0 aromatic heterocycles. The van der Waals surface area contributed by atoms with E-state index in [0.29, 0.717) is 42.2 Å². The molecule has 6 heteroatoms. The lowest BCUT2D eigenvalue weighted by molar-refractivity contribution is -0.0241. The van der Waals surface area contributed by atoms with Crippen molar-refractivity contribution in [3.8, 4) is 17.2 Å². The quantitative estimate of drug-likeness (QED) is 0.687. The topological polar surface area (TPSA) is 68.2 Å². The molecule has 0 bridgehead atoms. The van der Waals surface area contributed by atoms with E-state index in [1.807, 2.05) is 30.3 Å². The Bertz CT molecular complexity index is 803. The molecule has 1 fully saturated rings.